The summed E-state index contributed by atoms with van der Waals surface area (Å²) in [5.74, 6) is -0.0841. The summed E-state index contributed by atoms with van der Waals surface area (Å²) < 4.78 is 53.6. The maximum atomic E-state index is 15.7. The van der Waals surface area contributed by atoms with E-state index < -0.39 is 62.5 Å². The van der Waals surface area contributed by atoms with Crippen molar-refractivity contribution >= 4 is 42.3 Å². The van der Waals surface area contributed by atoms with E-state index in [1.807, 2.05) is 6.92 Å². The molecule has 230 valence electrons. The van der Waals surface area contributed by atoms with E-state index in [-0.39, 0.29) is 11.4 Å². The van der Waals surface area contributed by atoms with Crippen LogP contribution in [0.25, 0.3) is 11.2 Å². The second-order valence-corrected chi connectivity index (χ2v) is 12.0. The van der Waals surface area contributed by atoms with Crippen molar-refractivity contribution in [2.24, 2.45) is 0 Å². The Morgan fingerprint density at radius 2 is 2.00 bits per heavy atom. The number of anilines is 1. The lowest BCUT2D eigenvalue weighted by Gasteiger charge is -2.31. The first-order valence-electron chi connectivity index (χ1n) is 13.4. The Bertz CT molecular complexity index is 1430. The third kappa shape index (κ3) is 6.85. The highest BCUT2D eigenvalue weighted by Crippen LogP contribution is 2.49. The van der Waals surface area contributed by atoms with Crippen molar-refractivity contribution in [2.45, 2.75) is 70.9 Å². The number of aliphatic hydroxyl groups is 1. The summed E-state index contributed by atoms with van der Waals surface area (Å²) in [5, 5.41) is 16.7. The van der Waals surface area contributed by atoms with Gasteiger partial charge in [-0.25, -0.2) is 23.9 Å². The molecule has 3 heterocycles. The number of hydrogen-bond donors (Lipinski definition) is 3. The number of hydrogen-bond acceptors (Lipinski definition) is 11. The zero-order chi connectivity index (χ0) is 30.7. The summed E-state index contributed by atoms with van der Waals surface area (Å²) in [6, 6.07) is 7.00. The summed E-state index contributed by atoms with van der Waals surface area (Å²) >= 11 is 6.25. The molecule has 1 fully saturated rings. The van der Waals surface area contributed by atoms with Gasteiger partial charge in [-0.1, -0.05) is 18.2 Å². The molecule has 4 rings (SSSR count). The molecule has 0 radical (unpaired) electrons. The lowest BCUT2D eigenvalue weighted by atomic mass is 9.99. The number of aromatic nitrogens is 4. The highest BCUT2D eigenvalue weighted by Gasteiger charge is 2.57. The van der Waals surface area contributed by atoms with Gasteiger partial charge >= 0.3 is 13.7 Å². The number of fused-ring (bicyclic) bond motifs is 1. The predicted octanol–water partition coefficient (Wildman–Crippen LogP) is 3.91. The fourth-order valence-electron chi connectivity index (χ4n) is 4.33. The molecule has 6 atom stereocenters. The Morgan fingerprint density at radius 1 is 1.29 bits per heavy atom. The number of rotatable bonds is 13. The van der Waals surface area contributed by atoms with Crippen molar-refractivity contribution in [3.63, 3.8) is 0 Å². The van der Waals surface area contributed by atoms with Crippen molar-refractivity contribution in [1.82, 2.24) is 24.6 Å². The van der Waals surface area contributed by atoms with E-state index >= 15 is 4.39 Å². The molecule has 1 aliphatic heterocycles. The number of aliphatic hydroxyl groups excluding tert-OH is 1. The van der Waals surface area contributed by atoms with E-state index in [1.54, 1.807) is 39.0 Å². The third-order valence-electron chi connectivity index (χ3n) is 6.35. The molecule has 1 aliphatic rings. The van der Waals surface area contributed by atoms with Crippen LogP contribution >= 0.6 is 19.3 Å². The van der Waals surface area contributed by atoms with E-state index in [2.05, 4.69) is 25.4 Å². The Morgan fingerprint density at radius 3 is 2.64 bits per heavy atom. The normalized spacial score (nSPS) is 24.5. The molecule has 42 heavy (non-hydrogen) atoms. The van der Waals surface area contributed by atoms with Gasteiger partial charge in [-0.3, -0.25) is 13.9 Å². The summed E-state index contributed by atoms with van der Waals surface area (Å²) in [7, 11) is -4.36. The molecule has 0 amide bonds. The maximum absolute atomic E-state index is 15.7. The monoisotopic (exact) mass is 628 g/mol. The molecule has 0 unspecified atom stereocenters. The number of nitrogens with one attached hydrogen (secondary N) is 2. The standard InChI is InChI=1S/C26H35ClFN6O7P/c1-6-29-22-20-23(32-17(5)31-22)34(14-30-20)24-19(28)21(35)26(12-27,40-24)13-38-42(37,41-18-10-8-7-9-11-18)33-16(4)25(36)39-15(2)3/h7-11,14-16,19,21,24,35H,6,12-13H2,1-5H3,(H,33,37)(H,29,31,32)/t16-,19-,21-,24+,26+,42+/m0/s1. The van der Waals surface area contributed by atoms with Crippen LogP contribution < -0.4 is 14.9 Å². The zero-order valence-corrected chi connectivity index (χ0v) is 25.5. The molecule has 0 aliphatic carbocycles. The zero-order valence-electron chi connectivity index (χ0n) is 23.9. The van der Waals surface area contributed by atoms with Crippen LogP contribution in [-0.4, -0.2) is 79.6 Å². The van der Waals surface area contributed by atoms with Gasteiger partial charge in [0.1, 0.15) is 29.3 Å². The second-order valence-electron chi connectivity index (χ2n) is 10.1. The number of nitrogens with zero attached hydrogens (tertiary/aromatic N) is 4. The number of aryl methyl sites for hydroxylation is 1. The summed E-state index contributed by atoms with van der Waals surface area (Å²) in [5.41, 5.74) is -1.20. The van der Waals surface area contributed by atoms with E-state index in [0.29, 0.717) is 23.7 Å². The SMILES string of the molecule is CCNc1nc(C)nc2c1ncn2[C@@H]1O[C@](CCl)(CO[P@](=O)(N[C@@H](C)C(=O)OC(C)C)Oc2ccccc2)[C@@H](O)[C@@H]1F. The first kappa shape index (κ1) is 32.1. The average molecular weight is 629 g/mol. The quantitative estimate of drug-likeness (QED) is 0.143. The van der Waals surface area contributed by atoms with Gasteiger partial charge in [0, 0.05) is 6.54 Å². The number of ether oxygens (including phenoxy) is 2. The number of carbonyl (C=O) groups is 1. The summed E-state index contributed by atoms with van der Waals surface area (Å²) in [4.78, 5) is 25.5. The van der Waals surface area contributed by atoms with Crippen molar-refractivity contribution in [3.05, 3.63) is 42.5 Å². The highest BCUT2D eigenvalue weighted by molar-refractivity contribution is 7.52. The topological polar surface area (TPSA) is 159 Å². The first-order valence-corrected chi connectivity index (χ1v) is 15.5. The van der Waals surface area contributed by atoms with Gasteiger partial charge in [0.2, 0.25) is 0 Å². The third-order valence-corrected chi connectivity index (χ3v) is 8.43. The van der Waals surface area contributed by atoms with Crippen molar-refractivity contribution < 1.29 is 37.4 Å². The van der Waals surface area contributed by atoms with Gasteiger partial charge < -0.3 is 24.4 Å². The molecule has 13 nitrogen and oxygen atoms in total. The Kier molecular flexibility index (Phi) is 10.1. The number of benzene rings is 1. The highest BCUT2D eigenvalue weighted by atomic mass is 35.5. The lowest BCUT2D eigenvalue weighted by Crippen LogP contribution is -2.48. The molecule has 16 heteroatoms. The molecule has 0 spiro atoms. The largest absolute Gasteiger partial charge is 0.462 e. The van der Waals surface area contributed by atoms with E-state index in [0.717, 1.165) is 0 Å². The fraction of sp³-hybridized carbons (Fsp3) is 0.538. The minimum Gasteiger partial charge on any atom is -0.462 e. The number of halogens is 2. The van der Waals surface area contributed by atoms with Crippen molar-refractivity contribution in [2.75, 3.05) is 24.3 Å². The first-order chi connectivity index (χ1) is 19.9. The lowest BCUT2D eigenvalue weighted by molar-refractivity contribution is -0.149. The minimum atomic E-state index is -4.36. The van der Waals surface area contributed by atoms with Gasteiger partial charge in [0.15, 0.2) is 29.4 Å². The number of carbonyl (C=O) groups excluding carboxylic acids is 1. The van der Waals surface area contributed by atoms with Crippen LogP contribution in [-0.2, 0) is 23.4 Å². The van der Waals surface area contributed by atoms with Gasteiger partial charge in [-0.05, 0) is 46.8 Å². The summed E-state index contributed by atoms with van der Waals surface area (Å²) in [6.45, 7) is 8.26. The minimum absolute atomic E-state index is 0.170. The van der Waals surface area contributed by atoms with E-state index in [4.69, 9.17) is 30.1 Å². The smallest absolute Gasteiger partial charge is 0.459 e. The van der Waals surface area contributed by atoms with Gasteiger partial charge in [-0.2, -0.15) is 5.09 Å². The van der Waals surface area contributed by atoms with E-state index in [1.165, 1.54) is 30.0 Å². The number of para-hydroxylation sites is 1. The van der Waals surface area contributed by atoms with Crippen LogP contribution in [0.1, 0.15) is 39.7 Å². The van der Waals surface area contributed by atoms with Gasteiger partial charge in [0.05, 0.1) is 24.9 Å². The molecular weight excluding hydrogens is 594 g/mol. The Hall–Kier alpha value is -2.87. The van der Waals surface area contributed by atoms with Crippen molar-refractivity contribution in [1.29, 1.82) is 0 Å². The van der Waals surface area contributed by atoms with E-state index in [9.17, 15) is 14.5 Å². The molecular formula is C26H35ClFN6O7P. The fourth-order valence-corrected chi connectivity index (χ4v) is 6.18. The Labute approximate surface area is 247 Å². The van der Waals surface area contributed by atoms with Crippen LogP contribution in [0.5, 0.6) is 5.75 Å². The Balaban J connectivity index is 1.61. The van der Waals surface area contributed by atoms with Crippen LogP contribution in [0.4, 0.5) is 10.2 Å². The molecule has 1 saturated heterocycles. The average Bonchev–Trinajstić information content (AvgIpc) is 3.46. The van der Waals surface area contributed by atoms with Crippen molar-refractivity contribution in [3.8, 4) is 5.75 Å². The molecule has 0 saturated carbocycles. The number of esters is 1. The van der Waals surface area contributed by atoms with Gasteiger partial charge in [-0.15, -0.1) is 11.6 Å². The number of imidazole rings is 1. The molecule has 3 aromatic rings. The van der Waals surface area contributed by atoms with Crippen LogP contribution in [0, 0.1) is 6.92 Å². The molecule has 0 bridgehead atoms. The number of alkyl halides is 2. The molecule has 2 aromatic heterocycles. The van der Waals surface area contributed by atoms with Crippen LogP contribution in [0.3, 0.4) is 0 Å². The van der Waals surface area contributed by atoms with Gasteiger partial charge in [0.25, 0.3) is 0 Å². The molecule has 1 aromatic carbocycles. The summed E-state index contributed by atoms with van der Waals surface area (Å²) in [6.07, 6.45) is -4.29. The second kappa shape index (κ2) is 13.2. The molecule has 3 N–H and O–H groups in total. The predicted molar refractivity (Wildman–Crippen MR) is 153 cm³/mol. The van der Waals surface area contributed by atoms with Crippen LogP contribution in [0.2, 0.25) is 0 Å². The van der Waals surface area contributed by atoms with Crippen LogP contribution in [0.15, 0.2) is 36.7 Å². The maximum Gasteiger partial charge on any atom is 0.459 e.